The number of nitrogens with zero attached hydrogens (tertiary/aromatic N) is 2. The van der Waals surface area contributed by atoms with Crippen molar-refractivity contribution in [1.29, 1.82) is 0 Å². The number of benzene rings is 2. The highest BCUT2D eigenvalue weighted by Gasteiger charge is 2.10. The molecule has 0 bridgehead atoms. The third-order valence-corrected chi connectivity index (χ3v) is 4.34. The van der Waals surface area contributed by atoms with Gasteiger partial charge in [-0.1, -0.05) is 35.3 Å². The number of nitrogens with one attached hydrogen (secondary N) is 1. The van der Waals surface area contributed by atoms with Crippen LogP contribution in [0.15, 0.2) is 47.6 Å². The predicted molar refractivity (Wildman–Crippen MR) is 97.2 cm³/mol. The first kappa shape index (κ1) is 16.1. The maximum atomic E-state index is 5.96. The molecule has 1 fully saturated rings. The van der Waals surface area contributed by atoms with Crippen molar-refractivity contribution in [3.05, 3.63) is 58.1 Å². The minimum absolute atomic E-state index is 0.502. The van der Waals surface area contributed by atoms with Gasteiger partial charge in [-0.15, -0.1) is 0 Å². The summed E-state index contributed by atoms with van der Waals surface area (Å²) in [5.41, 5.74) is 5.96. The molecular weight excluding hydrogens is 333 g/mol. The van der Waals surface area contributed by atoms with E-state index in [9.17, 15) is 0 Å². The second-order valence-corrected chi connectivity index (χ2v) is 6.00. The molecule has 6 heteroatoms. The Morgan fingerprint density at radius 3 is 2.43 bits per heavy atom. The van der Waals surface area contributed by atoms with E-state index in [0.717, 1.165) is 37.6 Å². The van der Waals surface area contributed by atoms with Crippen molar-refractivity contribution in [1.82, 2.24) is 0 Å². The van der Waals surface area contributed by atoms with E-state index in [0.29, 0.717) is 10.0 Å². The Morgan fingerprint density at radius 2 is 1.74 bits per heavy atom. The van der Waals surface area contributed by atoms with Crippen LogP contribution >= 0.6 is 23.2 Å². The Kier molecular flexibility index (Phi) is 5.39. The Hall–Kier alpha value is -1.75. The highest BCUT2D eigenvalue weighted by Crippen LogP contribution is 2.25. The molecule has 3 rings (SSSR count). The SMILES string of the molecule is Clc1ccc(N/N=C\c2ccc(N3CCOCC3)cc2)cc1Cl. The summed E-state index contributed by atoms with van der Waals surface area (Å²) in [7, 11) is 0. The standard InChI is InChI=1S/C17H17Cl2N3O/c18-16-6-3-14(11-17(16)19)21-20-12-13-1-4-15(5-2-13)22-7-9-23-10-8-22/h1-6,11-12,21H,7-10H2/b20-12-. The lowest BCUT2D eigenvalue weighted by molar-refractivity contribution is 0.122. The predicted octanol–water partition coefficient (Wildman–Crippen LogP) is 4.28. The van der Waals surface area contributed by atoms with E-state index in [4.69, 9.17) is 27.9 Å². The largest absolute Gasteiger partial charge is 0.378 e. The number of halogens is 2. The Morgan fingerprint density at radius 1 is 1.00 bits per heavy atom. The van der Waals surface area contributed by atoms with E-state index in [1.807, 2.05) is 18.2 Å². The summed E-state index contributed by atoms with van der Waals surface area (Å²) in [5.74, 6) is 0. The van der Waals surface area contributed by atoms with E-state index >= 15 is 0 Å². The molecule has 4 nitrogen and oxygen atoms in total. The van der Waals surface area contributed by atoms with Gasteiger partial charge in [0.05, 0.1) is 35.2 Å². The van der Waals surface area contributed by atoms with Gasteiger partial charge in [-0.05, 0) is 35.9 Å². The smallest absolute Gasteiger partial charge is 0.0642 e. The zero-order chi connectivity index (χ0) is 16.1. The first-order valence-corrected chi connectivity index (χ1v) is 8.15. The van der Waals surface area contributed by atoms with Crippen molar-refractivity contribution in [2.45, 2.75) is 0 Å². The number of hydrazone groups is 1. The van der Waals surface area contributed by atoms with Crippen LogP contribution < -0.4 is 10.3 Å². The van der Waals surface area contributed by atoms with E-state index in [2.05, 4.69) is 27.6 Å². The second kappa shape index (κ2) is 7.68. The molecule has 0 saturated carbocycles. The zero-order valence-corrected chi connectivity index (χ0v) is 14.0. The number of hydrogen-bond acceptors (Lipinski definition) is 4. The van der Waals surface area contributed by atoms with Gasteiger partial charge in [-0.2, -0.15) is 5.10 Å². The monoisotopic (exact) mass is 349 g/mol. The van der Waals surface area contributed by atoms with Gasteiger partial charge in [-0.3, -0.25) is 5.43 Å². The van der Waals surface area contributed by atoms with Crippen LogP contribution in [-0.2, 0) is 4.74 Å². The molecular formula is C17H17Cl2N3O. The van der Waals surface area contributed by atoms with Crippen LogP contribution in [0.25, 0.3) is 0 Å². The fourth-order valence-electron chi connectivity index (χ4n) is 2.34. The molecule has 1 N–H and O–H groups in total. The highest BCUT2D eigenvalue weighted by molar-refractivity contribution is 6.42. The molecule has 0 atom stereocenters. The van der Waals surface area contributed by atoms with E-state index in [-0.39, 0.29) is 0 Å². The molecule has 120 valence electrons. The second-order valence-electron chi connectivity index (χ2n) is 5.19. The summed E-state index contributed by atoms with van der Waals surface area (Å²) in [5, 5.41) is 5.24. The fraction of sp³-hybridized carbons (Fsp3) is 0.235. The normalized spacial score (nSPS) is 15.1. The molecule has 1 aliphatic rings. The first-order chi connectivity index (χ1) is 11.2. The van der Waals surface area contributed by atoms with Crippen LogP contribution in [-0.4, -0.2) is 32.5 Å². The summed E-state index contributed by atoms with van der Waals surface area (Å²) in [4.78, 5) is 2.32. The number of hydrogen-bond donors (Lipinski definition) is 1. The molecule has 1 heterocycles. The molecule has 0 radical (unpaired) electrons. The number of ether oxygens (including phenoxy) is 1. The molecule has 0 amide bonds. The lowest BCUT2D eigenvalue weighted by Crippen LogP contribution is -2.36. The van der Waals surface area contributed by atoms with Crippen molar-refractivity contribution >= 4 is 40.8 Å². The average Bonchev–Trinajstić information content (AvgIpc) is 2.59. The molecule has 1 saturated heterocycles. The summed E-state index contributed by atoms with van der Waals surface area (Å²) in [6.07, 6.45) is 1.77. The summed E-state index contributed by atoms with van der Waals surface area (Å²) < 4.78 is 5.37. The number of morpholine rings is 1. The van der Waals surface area contributed by atoms with Crippen molar-refractivity contribution in [2.75, 3.05) is 36.6 Å². The Labute approximate surface area is 145 Å². The van der Waals surface area contributed by atoms with Gasteiger partial charge in [0.1, 0.15) is 0 Å². The molecule has 1 aliphatic heterocycles. The van der Waals surface area contributed by atoms with Crippen LogP contribution in [0.3, 0.4) is 0 Å². The zero-order valence-electron chi connectivity index (χ0n) is 12.5. The Balaban J connectivity index is 1.60. The Bertz CT molecular complexity index is 683. The van der Waals surface area contributed by atoms with Gasteiger partial charge < -0.3 is 9.64 Å². The van der Waals surface area contributed by atoms with Crippen molar-refractivity contribution in [2.24, 2.45) is 5.10 Å². The number of rotatable bonds is 4. The van der Waals surface area contributed by atoms with E-state index in [1.54, 1.807) is 18.3 Å². The highest BCUT2D eigenvalue weighted by atomic mass is 35.5. The van der Waals surface area contributed by atoms with Gasteiger partial charge in [0.25, 0.3) is 0 Å². The van der Waals surface area contributed by atoms with Crippen LogP contribution in [0.1, 0.15) is 5.56 Å². The third-order valence-electron chi connectivity index (χ3n) is 3.60. The molecule has 0 aromatic heterocycles. The first-order valence-electron chi connectivity index (χ1n) is 7.39. The maximum absolute atomic E-state index is 5.96. The molecule has 0 spiro atoms. The van der Waals surface area contributed by atoms with Gasteiger partial charge in [0, 0.05) is 18.8 Å². The van der Waals surface area contributed by atoms with Gasteiger partial charge in [-0.25, -0.2) is 0 Å². The van der Waals surface area contributed by atoms with E-state index in [1.165, 1.54) is 5.69 Å². The van der Waals surface area contributed by atoms with Crippen molar-refractivity contribution < 1.29 is 4.74 Å². The van der Waals surface area contributed by atoms with Gasteiger partial charge in [0.2, 0.25) is 0 Å². The molecule has 0 aliphatic carbocycles. The molecule has 2 aromatic carbocycles. The minimum Gasteiger partial charge on any atom is -0.378 e. The van der Waals surface area contributed by atoms with Gasteiger partial charge in [0.15, 0.2) is 0 Å². The number of anilines is 2. The summed E-state index contributed by atoms with van der Waals surface area (Å²) in [6, 6.07) is 13.6. The van der Waals surface area contributed by atoms with Crippen molar-refractivity contribution in [3.63, 3.8) is 0 Å². The molecule has 23 heavy (non-hydrogen) atoms. The summed E-state index contributed by atoms with van der Waals surface area (Å²) >= 11 is 11.8. The maximum Gasteiger partial charge on any atom is 0.0642 e. The van der Waals surface area contributed by atoms with Crippen LogP contribution in [0.4, 0.5) is 11.4 Å². The van der Waals surface area contributed by atoms with E-state index < -0.39 is 0 Å². The minimum atomic E-state index is 0.502. The van der Waals surface area contributed by atoms with Crippen LogP contribution in [0, 0.1) is 0 Å². The lowest BCUT2D eigenvalue weighted by atomic mass is 10.2. The molecule has 0 unspecified atom stereocenters. The van der Waals surface area contributed by atoms with Crippen molar-refractivity contribution in [3.8, 4) is 0 Å². The fourth-order valence-corrected chi connectivity index (χ4v) is 2.64. The molecule has 2 aromatic rings. The summed E-state index contributed by atoms with van der Waals surface area (Å²) in [6.45, 7) is 3.45. The van der Waals surface area contributed by atoms with Gasteiger partial charge >= 0.3 is 0 Å². The lowest BCUT2D eigenvalue weighted by Gasteiger charge is -2.28. The third kappa shape index (κ3) is 4.38. The quantitative estimate of drug-likeness (QED) is 0.661. The van der Waals surface area contributed by atoms with Crippen LogP contribution in [0.2, 0.25) is 10.0 Å². The average molecular weight is 350 g/mol. The topological polar surface area (TPSA) is 36.9 Å². The van der Waals surface area contributed by atoms with Crippen LogP contribution in [0.5, 0.6) is 0 Å².